The highest BCUT2D eigenvalue weighted by Gasteiger charge is 2.28. The fourth-order valence-corrected chi connectivity index (χ4v) is 1.52. The van der Waals surface area contributed by atoms with E-state index in [4.69, 9.17) is 11.6 Å². The molecule has 0 heterocycles. The standard InChI is InChI=1S/C10H9ClF4O/c11-8-5-6(12)1-2-7(8)9(16)3-4-10(13,14)15/h1-2,5,9,16H,3-4H2. The first-order valence-corrected chi connectivity index (χ1v) is 4.87. The monoisotopic (exact) mass is 256 g/mol. The summed E-state index contributed by atoms with van der Waals surface area (Å²) in [6, 6.07) is 3.17. The number of aliphatic hydroxyl groups excluding tert-OH is 1. The Labute approximate surface area is 94.7 Å². The molecule has 0 radical (unpaired) electrons. The Hall–Kier alpha value is -0.810. The summed E-state index contributed by atoms with van der Waals surface area (Å²) in [4.78, 5) is 0. The molecule has 0 saturated heterocycles. The summed E-state index contributed by atoms with van der Waals surface area (Å²) in [7, 11) is 0. The van der Waals surface area contributed by atoms with Gasteiger partial charge in [0.15, 0.2) is 0 Å². The molecule has 0 aliphatic heterocycles. The molecule has 0 spiro atoms. The predicted octanol–water partition coefficient (Wildman–Crippen LogP) is 3.86. The van der Waals surface area contributed by atoms with Crippen molar-refractivity contribution in [1.29, 1.82) is 0 Å². The molecule has 1 nitrogen and oxygen atoms in total. The number of hydrogen-bond acceptors (Lipinski definition) is 1. The van der Waals surface area contributed by atoms with E-state index in [9.17, 15) is 22.7 Å². The molecule has 0 aromatic heterocycles. The van der Waals surface area contributed by atoms with Gasteiger partial charge < -0.3 is 5.11 Å². The van der Waals surface area contributed by atoms with Crippen LogP contribution in [0.15, 0.2) is 18.2 Å². The number of aliphatic hydroxyl groups is 1. The summed E-state index contributed by atoms with van der Waals surface area (Å²) in [5, 5.41) is 9.37. The summed E-state index contributed by atoms with van der Waals surface area (Å²) in [6.07, 6.45) is -7.26. The highest BCUT2D eigenvalue weighted by atomic mass is 35.5. The Morgan fingerprint density at radius 3 is 2.44 bits per heavy atom. The normalized spacial score (nSPS) is 13.9. The van der Waals surface area contributed by atoms with Crippen molar-refractivity contribution in [3.63, 3.8) is 0 Å². The Morgan fingerprint density at radius 1 is 1.31 bits per heavy atom. The lowest BCUT2D eigenvalue weighted by Crippen LogP contribution is -2.10. The van der Waals surface area contributed by atoms with E-state index < -0.39 is 30.9 Å². The third kappa shape index (κ3) is 3.98. The van der Waals surface area contributed by atoms with Gasteiger partial charge in [0.2, 0.25) is 0 Å². The lowest BCUT2D eigenvalue weighted by atomic mass is 10.0. The molecule has 6 heteroatoms. The average molecular weight is 257 g/mol. The van der Waals surface area contributed by atoms with Gasteiger partial charge in [-0.1, -0.05) is 17.7 Å². The number of rotatable bonds is 3. The fourth-order valence-electron chi connectivity index (χ4n) is 1.23. The SMILES string of the molecule is OC(CCC(F)(F)F)c1ccc(F)cc1Cl. The van der Waals surface area contributed by atoms with Crippen LogP contribution in [0.3, 0.4) is 0 Å². The highest BCUT2D eigenvalue weighted by Crippen LogP contribution is 2.30. The summed E-state index contributed by atoms with van der Waals surface area (Å²) >= 11 is 5.59. The van der Waals surface area contributed by atoms with Gasteiger partial charge in [0, 0.05) is 11.4 Å². The minimum absolute atomic E-state index is 0.0744. The second-order valence-electron chi connectivity index (χ2n) is 3.34. The molecule has 1 atom stereocenters. The highest BCUT2D eigenvalue weighted by molar-refractivity contribution is 6.31. The van der Waals surface area contributed by atoms with Crippen molar-refractivity contribution >= 4 is 11.6 Å². The van der Waals surface area contributed by atoms with Gasteiger partial charge in [-0.2, -0.15) is 13.2 Å². The molecule has 0 aliphatic carbocycles. The van der Waals surface area contributed by atoms with E-state index in [1.54, 1.807) is 0 Å². The van der Waals surface area contributed by atoms with Gasteiger partial charge in [-0.05, 0) is 24.1 Å². The maximum atomic E-state index is 12.6. The average Bonchev–Trinajstić information content (AvgIpc) is 2.13. The topological polar surface area (TPSA) is 20.2 Å². The fraction of sp³-hybridized carbons (Fsp3) is 0.400. The Kier molecular flexibility index (Phi) is 4.15. The van der Waals surface area contributed by atoms with Crippen LogP contribution >= 0.6 is 11.6 Å². The van der Waals surface area contributed by atoms with Gasteiger partial charge in [0.25, 0.3) is 0 Å². The van der Waals surface area contributed by atoms with Crippen LogP contribution in [0.2, 0.25) is 5.02 Å². The first kappa shape index (κ1) is 13.3. The van der Waals surface area contributed by atoms with Gasteiger partial charge in [-0.15, -0.1) is 0 Å². The molecular weight excluding hydrogens is 248 g/mol. The number of alkyl halides is 3. The molecule has 90 valence electrons. The van der Waals surface area contributed by atoms with Crippen LogP contribution < -0.4 is 0 Å². The number of benzene rings is 1. The van der Waals surface area contributed by atoms with Crippen molar-refractivity contribution in [2.24, 2.45) is 0 Å². The minimum Gasteiger partial charge on any atom is -0.388 e. The quantitative estimate of drug-likeness (QED) is 0.815. The molecule has 1 aromatic rings. The van der Waals surface area contributed by atoms with Crippen LogP contribution in [0, 0.1) is 5.82 Å². The maximum Gasteiger partial charge on any atom is 0.389 e. The van der Waals surface area contributed by atoms with Crippen LogP contribution in [-0.2, 0) is 0 Å². The Bertz CT molecular complexity index is 364. The molecular formula is C10H9ClF4O. The second-order valence-corrected chi connectivity index (χ2v) is 3.74. The zero-order valence-corrected chi connectivity index (χ0v) is 8.82. The first-order chi connectivity index (χ1) is 7.29. The van der Waals surface area contributed by atoms with Crippen molar-refractivity contribution in [3.05, 3.63) is 34.6 Å². The van der Waals surface area contributed by atoms with E-state index in [1.807, 2.05) is 0 Å². The lowest BCUT2D eigenvalue weighted by Gasteiger charge is -2.13. The van der Waals surface area contributed by atoms with Crippen LogP contribution in [0.25, 0.3) is 0 Å². The summed E-state index contributed by atoms with van der Waals surface area (Å²) < 4.78 is 48.3. The van der Waals surface area contributed by atoms with E-state index in [2.05, 4.69) is 0 Å². The molecule has 0 bridgehead atoms. The maximum absolute atomic E-state index is 12.6. The Balaban J connectivity index is 2.70. The largest absolute Gasteiger partial charge is 0.389 e. The predicted molar refractivity (Wildman–Crippen MR) is 51.7 cm³/mol. The van der Waals surface area contributed by atoms with E-state index >= 15 is 0 Å². The van der Waals surface area contributed by atoms with E-state index in [0.29, 0.717) is 0 Å². The Morgan fingerprint density at radius 2 is 1.94 bits per heavy atom. The van der Waals surface area contributed by atoms with Crippen LogP contribution in [0.4, 0.5) is 17.6 Å². The third-order valence-electron chi connectivity index (χ3n) is 2.02. The molecule has 0 saturated carbocycles. The van der Waals surface area contributed by atoms with E-state index in [1.165, 1.54) is 6.07 Å². The van der Waals surface area contributed by atoms with E-state index in [-0.39, 0.29) is 10.6 Å². The minimum atomic E-state index is -4.33. The van der Waals surface area contributed by atoms with Crippen molar-refractivity contribution in [3.8, 4) is 0 Å². The zero-order valence-electron chi connectivity index (χ0n) is 8.06. The molecule has 0 amide bonds. The van der Waals surface area contributed by atoms with Crippen molar-refractivity contribution in [2.45, 2.75) is 25.1 Å². The third-order valence-corrected chi connectivity index (χ3v) is 2.35. The zero-order chi connectivity index (χ0) is 12.3. The lowest BCUT2D eigenvalue weighted by molar-refractivity contribution is -0.140. The first-order valence-electron chi connectivity index (χ1n) is 4.49. The molecule has 1 unspecified atom stereocenters. The van der Waals surface area contributed by atoms with Crippen LogP contribution in [0.1, 0.15) is 24.5 Å². The van der Waals surface area contributed by atoms with Crippen LogP contribution in [0.5, 0.6) is 0 Å². The molecule has 0 aliphatic rings. The van der Waals surface area contributed by atoms with Gasteiger partial charge in [-0.3, -0.25) is 0 Å². The summed E-state index contributed by atoms with van der Waals surface area (Å²) in [6.45, 7) is 0. The number of hydrogen-bond donors (Lipinski definition) is 1. The van der Waals surface area contributed by atoms with Gasteiger partial charge in [0.1, 0.15) is 5.82 Å². The summed E-state index contributed by atoms with van der Waals surface area (Å²) in [5.41, 5.74) is 0.104. The molecule has 1 aromatic carbocycles. The van der Waals surface area contributed by atoms with Crippen molar-refractivity contribution in [2.75, 3.05) is 0 Å². The molecule has 16 heavy (non-hydrogen) atoms. The van der Waals surface area contributed by atoms with E-state index in [0.717, 1.165) is 12.1 Å². The molecule has 0 fully saturated rings. The second kappa shape index (κ2) is 5.01. The van der Waals surface area contributed by atoms with Gasteiger partial charge in [-0.25, -0.2) is 4.39 Å². The van der Waals surface area contributed by atoms with Crippen molar-refractivity contribution in [1.82, 2.24) is 0 Å². The van der Waals surface area contributed by atoms with Crippen LogP contribution in [-0.4, -0.2) is 11.3 Å². The smallest absolute Gasteiger partial charge is 0.388 e. The van der Waals surface area contributed by atoms with Crippen molar-refractivity contribution < 1.29 is 22.7 Å². The van der Waals surface area contributed by atoms with Gasteiger partial charge in [0.05, 0.1) is 6.10 Å². The van der Waals surface area contributed by atoms with Gasteiger partial charge >= 0.3 is 6.18 Å². The number of halogens is 5. The molecule has 1 rings (SSSR count). The molecule has 1 N–H and O–H groups in total. The summed E-state index contributed by atoms with van der Waals surface area (Å²) in [5.74, 6) is -0.600.